The van der Waals surface area contributed by atoms with Gasteiger partial charge in [-0.1, -0.05) is 12.1 Å². The van der Waals surface area contributed by atoms with Gasteiger partial charge in [0.25, 0.3) is 5.91 Å². The molecule has 3 nitrogen and oxygen atoms in total. The van der Waals surface area contributed by atoms with Crippen LogP contribution in [0.15, 0.2) is 48.0 Å². The third kappa shape index (κ3) is 2.85. The normalized spacial score (nSPS) is 12.5. The highest BCUT2D eigenvalue weighted by molar-refractivity contribution is 7.09. The van der Waals surface area contributed by atoms with E-state index in [4.69, 9.17) is 0 Å². The quantitative estimate of drug-likeness (QED) is 0.778. The number of carbonyl (C=O) groups excluding carboxylic acids is 1. The molecule has 0 aliphatic rings. The van der Waals surface area contributed by atoms with Gasteiger partial charge in [-0.05, 0) is 42.0 Å². The summed E-state index contributed by atoms with van der Waals surface area (Å²) in [4.78, 5) is 18.9. The number of aromatic amines is 1. The van der Waals surface area contributed by atoms with Crippen LogP contribution < -0.4 is 0 Å². The van der Waals surface area contributed by atoms with Crippen molar-refractivity contribution in [3.8, 4) is 0 Å². The van der Waals surface area contributed by atoms with E-state index in [1.807, 2.05) is 48.5 Å². The zero-order valence-corrected chi connectivity index (χ0v) is 13.0. The van der Waals surface area contributed by atoms with E-state index in [-0.39, 0.29) is 11.9 Å². The predicted octanol–water partition coefficient (Wildman–Crippen LogP) is 3.93. The summed E-state index contributed by atoms with van der Waals surface area (Å²) in [7, 11) is 1.87. The summed E-state index contributed by atoms with van der Waals surface area (Å²) in [6.07, 6.45) is 2.78. The lowest BCUT2D eigenvalue weighted by Gasteiger charge is -2.24. The molecule has 0 bridgehead atoms. The molecule has 2 aromatic heterocycles. The molecule has 0 radical (unpaired) electrons. The summed E-state index contributed by atoms with van der Waals surface area (Å²) in [6, 6.07) is 12.1. The van der Waals surface area contributed by atoms with Crippen molar-refractivity contribution in [1.82, 2.24) is 9.88 Å². The minimum atomic E-state index is 0.0653. The van der Waals surface area contributed by atoms with Crippen molar-refractivity contribution in [2.45, 2.75) is 19.4 Å². The Bertz CT molecular complexity index is 745. The fraction of sp³-hybridized carbons (Fsp3) is 0.235. The minimum Gasteiger partial charge on any atom is -0.361 e. The lowest BCUT2D eigenvalue weighted by Crippen LogP contribution is -2.36. The first-order valence-electron chi connectivity index (χ1n) is 7.02. The van der Waals surface area contributed by atoms with E-state index < -0.39 is 0 Å². The Balaban J connectivity index is 1.76. The van der Waals surface area contributed by atoms with E-state index in [1.54, 1.807) is 11.3 Å². The minimum absolute atomic E-state index is 0.0653. The Kier molecular flexibility index (Phi) is 3.80. The summed E-state index contributed by atoms with van der Waals surface area (Å²) in [6.45, 7) is 2.09. The first-order chi connectivity index (χ1) is 10.1. The van der Waals surface area contributed by atoms with Crippen LogP contribution in [0.25, 0.3) is 10.9 Å². The summed E-state index contributed by atoms with van der Waals surface area (Å²) < 4.78 is 0. The van der Waals surface area contributed by atoms with Crippen LogP contribution in [0.1, 0.15) is 22.2 Å². The lowest BCUT2D eigenvalue weighted by molar-refractivity contribution is 0.0744. The number of nitrogens with one attached hydrogen (secondary N) is 1. The van der Waals surface area contributed by atoms with E-state index in [0.29, 0.717) is 0 Å². The average Bonchev–Trinajstić information content (AvgIpc) is 3.15. The van der Waals surface area contributed by atoms with E-state index in [0.717, 1.165) is 22.9 Å². The zero-order chi connectivity index (χ0) is 14.8. The second-order valence-corrected chi connectivity index (χ2v) is 6.36. The number of rotatable bonds is 4. The number of aromatic nitrogens is 1. The molecule has 1 aromatic carbocycles. The maximum absolute atomic E-state index is 12.6. The molecule has 1 atom stereocenters. The third-order valence-corrected chi connectivity index (χ3v) is 4.76. The van der Waals surface area contributed by atoms with Crippen LogP contribution in [0.2, 0.25) is 0 Å². The number of thiophene rings is 1. The van der Waals surface area contributed by atoms with Gasteiger partial charge < -0.3 is 9.88 Å². The molecular weight excluding hydrogens is 280 g/mol. The Morgan fingerprint density at radius 2 is 2.19 bits per heavy atom. The predicted molar refractivity (Wildman–Crippen MR) is 87.9 cm³/mol. The molecule has 4 heteroatoms. The molecule has 1 unspecified atom stereocenters. The Morgan fingerprint density at radius 3 is 2.95 bits per heavy atom. The van der Waals surface area contributed by atoms with Gasteiger partial charge in [-0.2, -0.15) is 0 Å². The number of H-pyrrole nitrogens is 1. The van der Waals surface area contributed by atoms with Crippen molar-refractivity contribution in [2.75, 3.05) is 7.05 Å². The molecular formula is C17H18N2OS. The molecule has 21 heavy (non-hydrogen) atoms. The van der Waals surface area contributed by atoms with Crippen molar-refractivity contribution in [3.05, 3.63) is 58.4 Å². The molecule has 0 saturated carbocycles. The number of hydrogen-bond acceptors (Lipinski definition) is 2. The molecule has 1 amide bonds. The first kappa shape index (κ1) is 13.9. The Hall–Kier alpha value is -2.07. The molecule has 3 rings (SSSR count). The second kappa shape index (κ2) is 5.74. The van der Waals surface area contributed by atoms with Gasteiger partial charge in [0, 0.05) is 41.7 Å². The largest absolute Gasteiger partial charge is 0.361 e. The van der Waals surface area contributed by atoms with E-state index >= 15 is 0 Å². The van der Waals surface area contributed by atoms with Gasteiger partial charge in [-0.15, -0.1) is 11.3 Å². The Labute approximate surface area is 128 Å². The molecule has 2 heterocycles. The third-order valence-electron chi connectivity index (χ3n) is 3.86. The van der Waals surface area contributed by atoms with Crippen LogP contribution in [0.3, 0.4) is 0 Å². The highest BCUT2D eigenvalue weighted by atomic mass is 32.1. The summed E-state index contributed by atoms with van der Waals surface area (Å²) in [5.74, 6) is 0.0653. The molecule has 1 N–H and O–H groups in total. The highest BCUT2D eigenvalue weighted by Gasteiger charge is 2.18. The first-order valence-corrected chi connectivity index (χ1v) is 7.90. The maximum Gasteiger partial charge on any atom is 0.253 e. The summed E-state index contributed by atoms with van der Waals surface area (Å²) >= 11 is 1.74. The van der Waals surface area contributed by atoms with Crippen LogP contribution in [0.4, 0.5) is 0 Å². The van der Waals surface area contributed by atoms with Gasteiger partial charge in [-0.3, -0.25) is 4.79 Å². The second-order valence-electron chi connectivity index (χ2n) is 5.33. The summed E-state index contributed by atoms with van der Waals surface area (Å²) in [5.41, 5.74) is 1.73. The number of hydrogen-bond donors (Lipinski definition) is 1. The number of fused-ring (bicyclic) bond motifs is 1. The fourth-order valence-electron chi connectivity index (χ4n) is 2.44. The topological polar surface area (TPSA) is 36.1 Å². The summed E-state index contributed by atoms with van der Waals surface area (Å²) in [5, 5.41) is 3.20. The molecule has 0 aliphatic heterocycles. The number of nitrogens with zero attached hydrogens (tertiary/aromatic N) is 1. The van der Waals surface area contributed by atoms with Crippen molar-refractivity contribution in [1.29, 1.82) is 0 Å². The molecule has 108 valence electrons. The highest BCUT2D eigenvalue weighted by Crippen LogP contribution is 2.18. The van der Waals surface area contributed by atoms with Gasteiger partial charge in [0.15, 0.2) is 0 Å². The lowest BCUT2D eigenvalue weighted by atomic mass is 10.1. The van der Waals surface area contributed by atoms with Gasteiger partial charge in [-0.25, -0.2) is 0 Å². The van der Waals surface area contributed by atoms with Crippen LogP contribution in [0.5, 0.6) is 0 Å². The van der Waals surface area contributed by atoms with Crippen LogP contribution in [-0.2, 0) is 6.42 Å². The van der Waals surface area contributed by atoms with Crippen molar-refractivity contribution in [2.24, 2.45) is 0 Å². The van der Waals surface area contributed by atoms with Gasteiger partial charge in [0.2, 0.25) is 0 Å². The molecule has 3 aromatic rings. The standard InChI is InChI=1S/C17H18N2OS/c1-12(10-15-4-3-9-21-15)19(2)17(20)14-6-5-13-7-8-18-16(13)11-14/h3-9,11-12,18H,10H2,1-2H3. The van der Waals surface area contributed by atoms with Crippen LogP contribution in [-0.4, -0.2) is 28.9 Å². The zero-order valence-electron chi connectivity index (χ0n) is 12.2. The smallest absolute Gasteiger partial charge is 0.253 e. The Morgan fingerprint density at radius 1 is 1.33 bits per heavy atom. The van der Waals surface area contributed by atoms with Crippen molar-refractivity contribution in [3.63, 3.8) is 0 Å². The van der Waals surface area contributed by atoms with E-state index in [1.165, 1.54) is 4.88 Å². The molecule has 0 aliphatic carbocycles. The maximum atomic E-state index is 12.6. The van der Waals surface area contributed by atoms with Crippen molar-refractivity contribution < 1.29 is 4.79 Å². The van der Waals surface area contributed by atoms with Gasteiger partial charge in [0.1, 0.15) is 0 Å². The number of benzene rings is 1. The SMILES string of the molecule is CC(Cc1cccs1)N(C)C(=O)c1ccc2cc[nH]c2c1. The van der Waals surface area contributed by atoms with Gasteiger partial charge >= 0.3 is 0 Å². The number of likely N-dealkylation sites (N-methyl/N-ethyl adjacent to an activating group) is 1. The monoisotopic (exact) mass is 298 g/mol. The van der Waals surface area contributed by atoms with E-state index in [2.05, 4.69) is 23.4 Å². The fourth-order valence-corrected chi connectivity index (χ4v) is 3.27. The van der Waals surface area contributed by atoms with Gasteiger partial charge in [0.05, 0.1) is 0 Å². The molecule has 0 saturated heterocycles. The van der Waals surface area contributed by atoms with Crippen molar-refractivity contribution >= 4 is 28.1 Å². The molecule has 0 fully saturated rings. The average molecular weight is 298 g/mol. The molecule has 0 spiro atoms. The van der Waals surface area contributed by atoms with Crippen LogP contribution >= 0.6 is 11.3 Å². The number of amides is 1. The van der Waals surface area contributed by atoms with Crippen LogP contribution in [0, 0.1) is 0 Å². The number of carbonyl (C=O) groups is 1. The van der Waals surface area contributed by atoms with E-state index in [9.17, 15) is 4.79 Å².